The Hall–Kier alpha value is -3.65. The van der Waals surface area contributed by atoms with E-state index in [4.69, 9.17) is 9.47 Å². The highest BCUT2D eigenvalue weighted by Crippen LogP contribution is 2.32. The Morgan fingerprint density at radius 1 is 0.914 bits per heavy atom. The molecule has 0 aliphatic heterocycles. The van der Waals surface area contributed by atoms with Gasteiger partial charge in [0.2, 0.25) is 5.91 Å². The van der Waals surface area contributed by atoms with Crippen LogP contribution in [0.25, 0.3) is 0 Å². The normalized spacial score (nSPS) is 11.0. The summed E-state index contributed by atoms with van der Waals surface area (Å²) in [5.74, 6) is 0.578. The Bertz CT molecular complexity index is 1220. The van der Waals surface area contributed by atoms with Gasteiger partial charge in [-0.1, -0.05) is 39.0 Å². The summed E-state index contributed by atoms with van der Waals surface area (Å²) in [6.45, 7) is 6.18. The van der Waals surface area contributed by atoms with Crippen molar-refractivity contribution in [3.05, 3.63) is 71.8 Å². The number of phenolic OH excluding ortho intramolecular Hbond substituents is 1. The van der Waals surface area contributed by atoms with Gasteiger partial charge >= 0.3 is 0 Å². The Labute approximate surface area is 209 Å². The molecule has 0 unspecified atom stereocenters. The predicted octanol–water partition coefficient (Wildman–Crippen LogP) is 5.69. The van der Waals surface area contributed by atoms with Gasteiger partial charge in [0.15, 0.2) is 11.5 Å². The van der Waals surface area contributed by atoms with Crippen molar-refractivity contribution >= 4 is 35.0 Å². The minimum atomic E-state index is -0.366. The number of phenols is 1. The third-order valence-electron chi connectivity index (χ3n) is 5.27. The maximum absolute atomic E-state index is 13.1. The molecule has 0 fully saturated rings. The molecule has 7 nitrogen and oxygen atoms in total. The first kappa shape index (κ1) is 26.0. The van der Waals surface area contributed by atoms with E-state index < -0.39 is 0 Å². The van der Waals surface area contributed by atoms with Crippen LogP contribution in [0.3, 0.4) is 0 Å². The van der Waals surface area contributed by atoms with E-state index in [1.807, 2.05) is 12.1 Å². The molecule has 0 atom stereocenters. The number of rotatable bonds is 8. The zero-order chi connectivity index (χ0) is 25.6. The molecular weight excluding hydrogens is 464 g/mol. The molecule has 0 aliphatic carbocycles. The van der Waals surface area contributed by atoms with Crippen molar-refractivity contribution in [3.63, 3.8) is 0 Å². The highest BCUT2D eigenvalue weighted by atomic mass is 32.2. The van der Waals surface area contributed by atoms with Crippen molar-refractivity contribution in [1.82, 2.24) is 0 Å². The van der Waals surface area contributed by atoms with Gasteiger partial charge in [-0.2, -0.15) is 0 Å². The fourth-order valence-electron chi connectivity index (χ4n) is 3.33. The van der Waals surface area contributed by atoms with E-state index >= 15 is 0 Å². The van der Waals surface area contributed by atoms with Crippen LogP contribution in [0, 0.1) is 0 Å². The lowest BCUT2D eigenvalue weighted by molar-refractivity contribution is -0.113. The first-order valence-corrected chi connectivity index (χ1v) is 12.0. The molecule has 0 spiro atoms. The lowest BCUT2D eigenvalue weighted by Crippen LogP contribution is -2.17. The molecule has 0 heterocycles. The number of hydrogen-bond acceptors (Lipinski definition) is 6. The van der Waals surface area contributed by atoms with E-state index in [1.54, 1.807) is 55.6 Å². The molecule has 0 radical (unpaired) electrons. The van der Waals surface area contributed by atoms with Gasteiger partial charge < -0.3 is 25.2 Å². The fourth-order valence-corrected chi connectivity index (χ4v) is 4.18. The molecule has 0 aromatic heterocycles. The van der Waals surface area contributed by atoms with Gasteiger partial charge in [-0.05, 0) is 47.4 Å². The Balaban J connectivity index is 1.70. The predicted molar refractivity (Wildman–Crippen MR) is 140 cm³/mol. The molecule has 0 saturated heterocycles. The zero-order valence-corrected chi connectivity index (χ0v) is 21.3. The average molecular weight is 495 g/mol. The molecule has 0 saturated carbocycles. The third-order valence-corrected chi connectivity index (χ3v) is 6.34. The van der Waals surface area contributed by atoms with E-state index in [0.29, 0.717) is 33.3 Å². The summed E-state index contributed by atoms with van der Waals surface area (Å²) in [4.78, 5) is 26.3. The van der Waals surface area contributed by atoms with Crippen LogP contribution in [0.1, 0.15) is 36.7 Å². The van der Waals surface area contributed by atoms with Crippen molar-refractivity contribution in [2.75, 3.05) is 30.6 Å². The molecule has 3 N–H and O–H groups in total. The second-order valence-corrected chi connectivity index (χ2v) is 9.86. The SMILES string of the molecule is COc1ccc(NC(=O)CSc2ccccc2C(=O)Nc2cc(C(C)(C)C)ccc2O)cc1OC. The first-order valence-electron chi connectivity index (χ1n) is 11.0. The Morgan fingerprint density at radius 2 is 1.63 bits per heavy atom. The summed E-state index contributed by atoms with van der Waals surface area (Å²) in [6, 6.07) is 17.4. The summed E-state index contributed by atoms with van der Waals surface area (Å²) in [5, 5.41) is 15.9. The monoisotopic (exact) mass is 494 g/mol. The minimum absolute atomic E-state index is 0.00854. The minimum Gasteiger partial charge on any atom is -0.506 e. The van der Waals surface area contributed by atoms with Gasteiger partial charge in [-0.3, -0.25) is 9.59 Å². The van der Waals surface area contributed by atoms with Gasteiger partial charge in [0.05, 0.1) is 31.2 Å². The summed E-state index contributed by atoms with van der Waals surface area (Å²) in [7, 11) is 3.07. The standard InChI is InChI=1S/C27H30N2O5S/c1-27(2,3)17-10-12-21(30)20(14-17)29-26(32)19-8-6-7-9-24(19)35-16-25(31)28-18-11-13-22(33-4)23(15-18)34-5/h6-15,30H,16H2,1-5H3,(H,28,31)(H,29,32). The van der Waals surface area contributed by atoms with Gasteiger partial charge in [0.25, 0.3) is 5.91 Å². The third kappa shape index (κ3) is 6.70. The van der Waals surface area contributed by atoms with Gasteiger partial charge in [0, 0.05) is 16.6 Å². The van der Waals surface area contributed by atoms with E-state index in [-0.39, 0.29) is 28.7 Å². The van der Waals surface area contributed by atoms with Crippen LogP contribution in [-0.2, 0) is 10.2 Å². The molecule has 0 bridgehead atoms. The molecule has 3 aromatic carbocycles. The van der Waals surface area contributed by atoms with Crippen LogP contribution in [0.15, 0.2) is 65.6 Å². The second-order valence-electron chi connectivity index (χ2n) is 8.84. The fraction of sp³-hybridized carbons (Fsp3) is 0.259. The molecule has 0 aliphatic rings. The van der Waals surface area contributed by atoms with E-state index in [9.17, 15) is 14.7 Å². The number of anilines is 2. The highest BCUT2D eigenvalue weighted by molar-refractivity contribution is 8.00. The highest BCUT2D eigenvalue weighted by Gasteiger charge is 2.18. The molecule has 3 rings (SSSR count). The maximum atomic E-state index is 13.1. The van der Waals surface area contributed by atoms with E-state index in [1.165, 1.54) is 18.9 Å². The Morgan fingerprint density at radius 3 is 2.31 bits per heavy atom. The number of thioether (sulfide) groups is 1. The largest absolute Gasteiger partial charge is 0.506 e. The van der Waals surface area contributed by atoms with Crippen LogP contribution in [0.5, 0.6) is 17.2 Å². The zero-order valence-electron chi connectivity index (χ0n) is 20.5. The summed E-state index contributed by atoms with van der Waals surface area (Å²) >= 11 is 1.25. The average Bonchev–Trinajstić information content (AvgIpc) is 2.83. The number of nitrogens with one attached hydrogen (secondary N) is 2. The molecule has 184 valence electrons. The van der Waals surface area contributed by atoms with Crippen molar-refractivity contribution in [2.24, 2.45) is 0 Å². The molecular formula is C27H30N2O5S. The molecule has 35 heavy (non-hydrogen) atoms. The van der Waals surface area contributed by atoms with Crippen LogP contribution in [-0.4, -0.2) is 36.9 Å². The number of ether oxygens (including phenoxy) is 2. The van der Waals surface area contributed by atoms with Crippen molar-refractivity contribution in [1.29, 1.82) is 0 Å². The van der Waals surface area contributed by atoms with Crippen molar-refractivity contribution in [3.8, 4) is 17.2 Å². The van der Waals surface area contributed by atoms with Gasteiger partial charge in [0.1, 0.15) is 5.75 Å². The van der Waals surface area contributed by atoms with Crippen molar-refractivity contribution < 1.29 is 24.2 Å². The van der Waals surface area contributed by atoms with Gasteiger partial charge in [-0.25, -0.2) is 0 Å². The number of carbonyl (C=O) groups is 2. The molecule has 3 aromatic rings. The number of hydrogen-bond donors (Lipinski definition) is 3. The number of amides is 2. The Kier molecular flexibility index (Phi) is 8.30. The molecule has 2 amide bonds. The molecule has 8 heteroatoms. The number of aromatic hydroxyl groups is 1. The summed E-state index contributed by atoms with van der Waals surface area (Å²) in [5.41, 5.74) is 2.18. The first-order chi connectivity index (χ1) is 16.6. The van der Waals surface area contributed by atoms with Crippen molar-refractivity contribution in [2.45, 2.75) is 31.1 Å². The lowest BCUT2D eigenvalue weighted by atomic mass is 9.87. The van der Waals surface area contributed by atoms with Crippen LogP contribution < -0.4 is 20.1 Å². The number of benzene rings is 3. The lowest BCUT2D eigenvalue weighted by Gasteiger charge is -2.20. The van der Waals surface area contributed by atoms with Gasteiger partial charge in [-0.15, -0.1) is 11.8 Å². The van der Waals surface area contributed by atoms with Crippen LogP contribution in [0.2, 0.25) is 0 Å². The van der Waals surface area contributed by atoms with Crippen LogP contribution >= 0.6 is 11.8 Å². The quantitative estimate of drug-likeness (QED) is 0.275. The number of methoxy groups -OCH3 is 2. The summed E-state index contributed by atoms with van der Waals surface area (Å²) in [6.07, 6.45) is 0. The smallest absolute Gasteiger partial charge is 0.256 e. The second kappa shape index (κ2) is 11.2. The maximum Gasteiger partial charge on any atom is 0.256 e. The topological polar surface area (TPSA) is 96.9 Å². The summed E-state index contributed by atoms with van der Waals surface area (Å²) < 4.78 is 10.5. The van der Waals surface area contributed by atoms with E-state index in [2.05, 4.69) is 31.4 Å². The van der Waals surface area contributed by atoms with Crippen LogP contribution in [0.4, 0.5) is 11.4 Å². The number of carbonyl (C=O) groups excluding carboxylic acids is 2. The van der Waals surface area contributed by atoms with E-state index in [0.717, 1.165) is 5.56 Å².